The van der Waals surface area contributed by atoms with E-state index < -0.39 is 5.97 Å². The van der Waals surface area contributed by atoms with E-state index in [2.05, 4.69) is 6.92 Å². The molecular formula is C14H21NO4. The Morgan fingerprint density at radius 3 is 2.26 bits per heavy atom. The monoisotopic (exact) mass is 267 g/mol. The number of hydrogen-bond acceptors (Lipinski definition) is 3. The van der Waals surface area contributed by atoms with Crippen LogP contribution in [0.2, 0.25) is 0 Å². The van der Waals surface area contributed by atoms with Crippen LogP contribution in [-0.2, 0) is 14.4 Å². The van der Waals surface area contributed by atoms with E-state index in [0.29, 0.717) is 12.3 Å². The summed E-state index contributed by atoms with van der Waals surface area (Å²) in [6.07, 6.45) is 2.97. The third-order valence-corrected chi connectivity index (χ3v) is 4.56. The Kier molecular flexibility index (Phi) is 3.92. The summed E-state index contributed by atoms with van der Waals surface area (Å²) in [5, 5.41) is 8.68. The first-order valence-electron chi connectivity index (χ1n) is 7.04. The first-order valence-corrected chi connectivity index (χ1v) is 7.04. The molecule has 5 nitrogen and oxygen atoms in total. The number of carbonyl (C=O) groups is 3. The van der Waals surface area contributed by atoms with Crippen molar-refractivity contribution in [1.82, 2.24) is 4.90 Å². The molecule has 5 heteroatoms. The first-order chi connectivity index (χ1) is 8.95. The Balaban J connectivity index is 2.03. The Morgan fingerprint density at radius 2 is 1.84 bits per heavy atom. The summed E-state index contributed by atoms with van der Waals surface area (Å²) in [5.41, 5.74) is 0. The molecule has 0 bridgehead atoms. The molecular weight excluding hydrogens is 246 g/mol. The Hall–Kier alpha value is -1.39. The fourth-order valence-electron chi connectivity index (χ4n) is 3.38. The molecule has 0 spiro atoms. The van der Waals surface area contributed by atoms with Gasteiger partial charge >= 0.3 is 5.97 Å². The van der Waals surface area contributed by atoms with Gasteiger partial charge in [0.1, 0.15) is 0 Å². The van der Waals surface area contributed by atoms with Crippen molar-refractivity contribution in [2.75, 3.05) is 0 Å². The molecule has 1 N–H and O–H groups in total. The van der Waals surface area contributed by atoms with Gasteiger partial charge in [0.2, 0.25) is 11.8 Å². The fourth-order valence-corrected chi connectivity index (χ4v) is 3.38. The minimum absolute atomic E-state index is 0.00878. The van der Waals surface area contributed by atoms with Gasteiger partial charge in [-0.3, -0.25) is 19.3 Å². The summed E-state index contributed by atoms with van der Waals surface area (Å²) in [6.45, 7) is 3.85. The van der Waals surface area contributed by atoms with Crippen molar-refractivity contribution < 1.29 is 19.5 Å². The van der Waals surface area contributed by atoms with Crippen molar-refractivity contribution >= 4 is 17.8 Å². The van der Waals surface area contributed by atoms with Crippen LogP contribution >= 0.6 is 0 Å². The summed E-state index contributed by atoms with van der Waals surface area (Å²) in [5.74, 6) is -0.862. The van der Waals surface area contributed by atoms with Crippen LogP contribution in [0, 0.1) is 17.8 Å². The van der Waals surface area contributed by atoms with Gasteiger partial charge < -0.3 is 5.11 Å². The van der Waals surface area contributed by atoms with Crippen LogP contribution < -0.4 is 0 Å². The minimum Gasteiger partial charge on any atom is -0.481 e. The van der Waals surface area contributed by atoms with Gasteiger partial charge in [0.25, 0.3) is 0 Å². The van der Waals surface area contributed by atoms with Crippen molar-refractivity contribution in [3.05, 3.63) is 0 Å². The molecule has 3 atom stereocenters. The number of carboxylic acids is 1. The van der Waals surface area contributed by atoms with E-state index in [1.165, 1.54) is 4.90 Å². The molecule has 19 heavy (non-hydrogen) atoms. The third kappa shape index (κ3) is 2.51. The summed E-state index contributed by atoms with van der Waals surface area (Å²) in [7, 11) is 0. The summed E-state index contributed by atoms with van der Waals surface area (Å²) in [6, 6.07) is -0.304. The molecule has 2 amide bonds. The first kappa shape index (κ1) is 14.0. The second kappa shape index (κ2) is 5.31. The van der Waals surface area contributed by atoms with Crippen LogP contribution in [0.15, 0.2) is 0 Å². The molecule has 1 heterocycles. The number of fused-ring (bicyclic) bond motifs is 1. The number of imide groups is 1. The number of likely N-dealkylation sites (tertiary alicyclic amines) is 1. The van der Waals surface area contributed by atoms with E-state index in [1.54, 1.807) is 6.92 Å². The Bertz CT molecular complexity index is 382. The Labute approximate surface area is 113 Å². The van der Waals surface area contributed by atoms with Crippen LogP contribution in [0.4, 0.5) is 0 Å². The molecule has 1 aliphatic heterocycles. The van der Waals surface area contributed by atoms with Gasteiger partial charge in [-0.1, -0.05) is 13.3 Å². The molecule has 0 aromatic rings. The van der Waals surface area contributed by atoms with Crippen LogP contribution in [0.1, 0.15) is 46.0 Å². The maximum atomic E-state index is 12.3. The molecule has 2 fully saturated rings. The topological polar surface area (TPSA) is 74.7 Å². The zero-order chi connectivity index (χ0) is 14.2. The second-order valence-corrected chi connectivity index (χ2v) is 5.79. The zero-order valence-corrected chi connectivity index (χ0v) is 11.5. The molecule has 2 aliphatic rings. The van der Waals surface area contributed by atoms with E-state index in [1.807, 2.05) is 0 Å². The van der Waals surface area contributed by atoms with Gasteiger partial charge in [-0.25, -0.2) is 0 Å². The number of aliphatic carboxylic acids is 1. The van der Waals surface area contributed by atoms with Gasteiger partial charge in [0.05, 0.1) is 11.8 Å². The van der Waals surface area contributed by atoms with Gasteiger partial charge in [-0.05, 0) is 32.1 Å². The van der Waals surface area contributed by atoms with Crippen LogP contribution in [0.25, 0.3) is 0 Å². The number of carbonyl (C=O) groups excluding carboxylic acids is 2. The molecule has 3 unspecified atom stereocenters. The van der Waals surface area contributed by atoms with E-state index in [4.69, 9.17) is 5.11 Å². The van der Waals surface area contributed by atoms with Gasteiger partial charge in [0.15, 0.2) is 0 Å². The van der Waals surface area contributed by atoms with Gasteiger partial charge in [0, 0.05) is 12.5 Å². The molecule has 2 rings (SSSR count). The third-order valence-electron chi connectivity index (χ3n) is 4.56. The van der Waals surface area contributed by atoms with Crippen molar-refractivity contribution in [3.8, 4) is 0 Å². The number of nitrogens with zero attached hydrogens (tertiary/aromatic N) is 1. The zero-order valence-electron chi connectivity index (χ0n) is 11.5. The lowest BCUT2D eigenvalue weighted by molar-refractivity contribution is -0.145. The number of amides is 2. The lowest BCUT2D eigenvalue weighted by atomic mass is 10.00. The molecule has 0 aromatic carbocycles. The SMILES string of the molecule is CCC1CC2C(=O)N(C(C)CCC(=O)O)C(=O)C2C1. The van der Waals surface area contributed by atoms with E-state index in [0.717, 1.165) is 19.3 Å². The largest absolute Gasteiger partial charge is 0.481 e. The average molecular weight is 267 g/mol. The van der Waals surface area contributed by atoms with Crippen LogP contribution in [0.3, 0.4) is 0 Å². The molecule has 0 aromatic heterocycles. The van der Waals surface area contributed by atoms with Gasteiger partial charge in [-0.15, -0.1) is 0 Å². The number of hydrogen-bond donors (Lipinski definition) is 1. The summed E-state index contributed by atoms with van der Waals surface area (Å²) in [4.78, 5) is 36.5. The normalized spacial score (nSPS) is 31.7. The minimum atomic E-state index is -0.891. The lowest BCUT2D eigenvalue weighted by Gasteiger charge is -2.24. The van der Waals surface area contributed by atoms with Crippen LogP contribution in [0.5, 0.6) is 0 Å². The highest BCUT2D eigenvalue weighted by atomic mass is 16.4. The summed E-state index contributed by atoms with van der Waals surface area (Å²) >= 11 is 0. The highest BCUT2D eigenvalue weighted by Crippen LogP contribution is 2.45. The number of carboxylic acid groups (broad SMARTS) is 1. The van der Waals surface area contributed by atoms with Gasteiger partial charge in [-0.2, -0.15) is 0 Å². The van der Waals surface area contributed by atoms with Crippen molar-refractivity contribution in [1.29, 1.82) is 0 Å². The van der Waals surface area contributed by atoms with Crippen molar-refractivity contribution in [2.24, 2.45) is 17.8 Å². The highest BCUT2D eigenvalue weighted by Gasteiger charge is 2.53. The van der Waals surface area contributed by atoms with E-state index >= 15 is 0 Å². The van der Waals surface area contributed by atoms with Crippen molar-refractivity contribution in [3.63, 3.8) is 0 Å². The maximum Gasteiger partial charge on any atom is 0.303 e. The van der Waals surface area contributed by atoms with Crippen LogP contribution in [-0.4, -0.2) is 33.8 Å². The van der Waals surface area contributed by atoms with E-state index in [9.17, 15) is 14.4 Å². The molecule has 0 radical (unpaired) electrons. The lowest BCUT2D eigenvalue weighted by Crippen LogP contribution is -2.40. The Morgan fingerprint density at radius 1 is 1.32 bits per heavy atom. The predicted octanol–water partition coefficient (Wildman–Crippen LogP) is 1.66. The average Bonchev–Trinajstić information content (AvgIpc) is 2.88. The fraction of sp³-hybridized carbons (Fsp3) is 0.786. The van der Waals surface area contributed by atoms with E-state index in [-0.39, 0.29) is 36.1 Å². The second-order valence-electron chi connectivity index (χ2n) is 5.79. The smallest absolute Gasteiger partial charge is 0.303 e. The maximum absolute atomic E-state index is 12.3. The highest BCUT2D eigenvalue weighted by molar-refractivity contribution is 6.05. The molecule has 1 aliphatic carbocycles. The predicted molar refractivity (Wildman–Crippen MR) is 68.2 cm³/mol. The molecule has 1 saturated carbocycles. The standard InChI is InChI=1S/C14H21NO4/c1-3-9-6-10-11(7-9)14(19)15(13(10)18)8(2)4-5-12(16)17/h8-11H,3-7H2,1-2H3,(H,16,17). The summed E-state index contributed by atoms with van der Waals surface area (Å²) < 4.78 is 0. The molecule has 1 saturated heterocycles. The number of rotatable bonds is 5. The molecule has 106 valence electrons. The quantitative estimate of drug-likeness (QED) is 0.769. The van der Waals surface area contributed by atoms with Crippen molar-refractivity contribution in [2.45, 2.75) is 52.0 Å².